The third kappa shape index (κ3) is 39.2. The van der Waals surface area contributed by atoms with Gasteiger partial charge in [-0.3, -0.25) is 4.79 Å². The molecule has 2 nitrogen and oxygen atoms in total. The van der Waals surface area contributed by atoms with Gasteiger partial charge in [0.1, 0.15) is 0 Å². The number of ether oxygens (including phenoxy) is 1. The second-order valence-electron chi connectivity index (χ2n) is 17.4. The third-order valence-corrected chi connectivity index (χ3v) is 12.0. The van der Waals surface area contributed by atoms with Crippen molar-refractivity contribution in [1.82, 2.24) is 0 Å². The quantitative estimate of drug-likeness (QED) is 0.0460. The van der Waals surface area contributed by atoms with E-state index in [0.29, 0.717) is 12.5 Å². The Morgan fingerprint density at radius 1 is 0.308 bits per heavy atom. The largest absolute Gasteiger partial charge is 0.465 e. The first-order valence-electron chi connectivity index (χ1n) is 24.9. The average molecular weight is 733 g/mol. The van der Waals surface area contributed by atoms with Crippen molar-refractivity contribution < 1.29 is 9.53 Å². The first-order valence-corrected chi connectivity index (χ1v) is 24.9. The van der Waals surface area contributed by atoms with E-state index in [0.717, 1.165) is 12.8 Å². The van der Waals surface area contributed by atoms with Gasteiger partial charge < -0.3 is 4.74 Å². The van der Waals surface area contributed by atoms with E-state index in [1.165, 1.54) is 257 Å². The van der Waals surface area contributed by atoms with Crippen LogP contribution in [0.2, 0.25) is 0 Å². The number of esters is 1. The maximum absolute atomic E-state index is 13.6. The third-order valence-electron chi connectivity index (χ3n) is 12.0. The van der Waals surface area contributed by atoms with Crippen LogP contribution in [-0.2, 0) is 9.53 Å². The normalized spacial score (nSPS) is 12.8. The highest BCUT2D eigenvalue weighted by atomic mass is 16.5. The molecule has 0 saturated heterocycles. The van der Waals surface area contributed by atoms with E-state index in [1.807, 2.05) is 0 Å². The summed E-state index contributed by atoms with van der Waals surface area (Å²) in [5.74, 6) is 0.841. The SMILES string of the molecule is CCCCCCCCCCCCCCC(CCCCCCCCCC)C(=O)OCC(CCCCCCCCCC)CCCCCCCCCCCC. The van der Waals surface area contributed by atoms with Crippen LogP contribution in [0.25, 0.3) is 0 Å². The van der Waals surface area contributed by atoms with Gasteiger partial charge in [-0.2, -0.15) is 0 Å². The molecule has 0 aliphatic heterocycles. The summed E-state index contributed by atoms with van der Waals surface area (Å²) in [5, 5.41) is 0. The Bertz CT molecular complexity index is 659. The van der Waals surface area contributed by atoms with E-state index in [-0.39, 0.29) is 11.9 Å². The summed E-state index contributed by atoms with van der Waals surface area (Å²) >= 11 is 0. The van der Waals surface area contributed by atoms with Crippen LogP contribution in [0.15, 0.2) is 0 Å². The Hall–Kier alpha value is -0.530. The number of unbranched alkanes of at least 4 members (excludes halogenated alkanes) is 34. The van der Waals surface area contributed by atoms with Gasteiger partial charge in [0.2, 0.25) is 0 Å². The average Bonchev–Trinajstić information content (AvgIpc) is 3.15. The number of carbonyl (C=O) groups is 1. The van der Waals surface area contributed by atoms with Crippen molar-refractivity contribution in [2.75, 3.05) is 6.61 Å². The molecule has 2 unspecified atom stereocenters. The van der Waals surface area contributed by atoms with Crippen molar-refractivity contribution in [3.05, 3.63) is 0 Å². The fourth-order valence-corrected chi connectivity index (χ4v) is 8.25. The zero-order chi connectivity index (χ0) is 37.8. The number of hydrogen-bond acceptors (Lipinski definition) is 2. The summed E-state index contributed by atoms with van der Waals surface area (Å²) in [6, 6.07) is 0. The molecule has 0 bridgehead atoms. The zero-order valence-corrected chi connectivity index (χ0v) is 36.9. The van der Waals surface area contributed by atoms with Crippen LogP contribution in [0.3, 0.4) is 0 Å². The van der Waals surface area contributed by atoms with E-state index < -0.39 is 0 Å². The standard InChI is InChI=1S/C50H100O2/c1-5-9-13-17-21-25-27-28-30-34-38-42-46-49(45-41-37-33-24-20-16-12-8-4)50(51)52-47-48(43-39-35-31-23-19-15-11-7-3)44-40-36-32-29-26-22-18-14-10-6-2/h48-49H,5-47H2,1-4H3. The first-order chi connectivity index (χ1) is 25.7. The molecule has 0 fully saturated rings. The van der Waals surface area contributed by atoms with E-state index in [2.05, 4.69) is 27.7 Å². The van der Waals surface area contributed by atoms with E-state index in [9.17, 15) is 4.79 Å². The van der Waals surface area contributed by atoms with Gasteiger partial charge in [-0.15, -0.1) is 0 Å². The van der Waals surface area contributed by atoms with Crippen molar-refractivity contribution in [3.63, 3.8) is 0 Å². The molecule has 2 atom stereocenters. The van der Waals surface area contributed by atoms with Crippen molar-refractivity contribution >= 4 is 5.97 Å². The predicted molar refractivity (Wildman–Crippen MR) is 235 cm³/mol. The van der Waals surface area contributed by atoms with Crippen molar-refractivity contribution in [2.24, 2.45) is 11.8 Å². The molecule has 0 aliphatic carbocycles. The Balaban J connectivity index is 4.73. The lowest BCUT2D eigenvalue weighted by atomic mass is 9.93. The lowest BCUT2D eigenvalue weighted by Crippen LogP contribution is -2.22. The fourth-order valence-electron chi connectivity index (χ4n) is 8.25. The number of rotatable bonds is 45. The first kappa shape index (κ1) is 51.5. The van der Waals surface area contributed by atoms with E-state index in [1.54, 1.807) is 0 Å². The smallest absolute Gasteiger partial charge is 0.308 e. The Kier molecular flexibility index (Phi) is 44.4. The molecule has 0 aliphatic rings. The Labute approximate surface area is 330 Å². The minimum Gasteiger partial charge on any atom is -0.465 e. The van der Waals surface area contributed by atoms with Gasteiger partial charge in [-0.1, -0.05) is 272 Å². The summed E-state index contributed by atoms with van der Waals surface area (Å²) in [7, 11) is 0. The maximum atomic E-state index is 13.6. The van der Waals surface area contributed by atoms with Crippen LogP contribution < -0.4 is 0 Å². The molecule has 0 N–H and O–H groups in total. The lowest BCUT2D eigenvalue weighted by molar-refractivity contribution is -0.150. The van der Waals surface area contributed by atoms with Crippen LogP contribution in [0.1, 0.15) is 297 Å². The van der Waals surface area contributed by atoms with Gasteiger partial charge in [0, 0.05) is 0 Å². The highest BCUT2D eigenvalue weighted by Crippen LogP contribution is 2.24. The highest BCUT2D eigenvalue weighted by molar-refractivity contribution is 5.72. The molecule has 312 valence electrons. The lowest BCUT2D eigenvalue weighted by Gasteiger charge is -2.21. The predicted octanol–water partition coefficient (Wildman–Crippen LogP) is 18.2. The molecule has 0 heterocycles. The van der Waals surface area contributed by atoms with Crippen LogP contribution in [0.5, 0.6) is 0 Å². The molecule has 0 radical (unpaired) electrons. The summed E-state index contributed by atoms with van der Waals surface area (Å²) in [6.45, 7) is 9.89. The molecule has 0 spiro atoms. The molecule has 0 saturated carbocycles. The number of carbonyl (C=O) groups excluding carboxylic acids is 1. The van der Waals surface area contributed by atoms with Crippen molar-refractivity contribution in [2.45, 2.75) is 297 Å². The molecule has 2 heteroatoms. The minimum atomic E-state index is 0.129. The molecule has 52 heavy (non-hydrogen) atoms. The van der Waals surface area contributed by atoms with Crippen LogP contribution in [0.4, 0.5) is 0 Å². The molecule has 0 aromatic heterocycles. The monoisotopic (exact) mass is 733 g/mol. The second kappa shape index (κ2) is 44.9. The van der Waals surface area contributed by atoms with Crippen molar-refractivity contribution in [1.29, 1.82) is 0 Å². The minimum absolute atomic E-state index is 0.129. The van der Waals surface area contributed by atoms with Crippen LogP contribution >= 0.6 is 0 Å². The van der Waals surface area contributed by atoms with Crippen molar-refractivity contribution in [3.8, 4) is 0 Å². The van der Waals surface area contributed by atoms with Crippen LogP contribution in [0, 0.1) is 11.8 Å². The van der Waals surface area contributed by atoms with Gasteiger partial charge >= 0.3 is 5.97 Å². The summed E-state index contributed by atoms with van der Waals surface area (Å²) in [4.78, 5) is 13.6. The van der Waals surface area contributed by atoms with Gasteiger partial charge in [0.15, 0.2) is 0 Å². The summed E-state index contributed by atoms with van der Waals surface area (Å²) in [5.41, 5.74) is 0. The van der Waals surface area contributed by atoms with Gasteiger partial charge in [0.25, 0.3) is 0 Å². The zero-order valence-electron chi connectivity index (χ0n) is 36.9. The van der Waals surface area contributed by atoms with Gasteiger partial charge in [-0.05, 0) is 31.6 Å². The molecular formula is C50H100O2. The fraction of sp³-hybridized carbons (Fsp3) is 0.980. The molecule has 0 amide bonds. The topological polar surface area (TPSA) is 26.3 Å². The van der Waals surface area contributed by atoms with E-state index in [4.69, 9.17) is 4.74 Å². The van der Waals surface area contributed by atoms with Gasteiger partial charge in [0.05, 0.1) is 12.5 Å². The summed E-state index contributed by atoms with van der Waals surface area (Å²) < 4.78 is 6.27. The molecule has 0 aromatic rings. The molecule has 0 aromatic carbocycles. The second-order valence-corrected chi connectivity index (χ2v) is 17.4. The maximum Gasteiger partial charge on any atom is 0.308 e. The molecule has 0 rings (SSSR count). The van der Waals surface area contributed by atoms with E-state index >= 15 is 0 Å². The van der Waals surface area contributed by atoms with Gasteiger partial charge in [-0.25, -0.2) is 0 Å². The Morgan fingerprint density at radius 2 is 0.519 bits per heavy atom. The van der Waals surface area contributed by atoms with Crippen LogP contribution in [-0.4, -0.2) is 12.6 Å². The molecular weight excluding hydrogens is 633 g/mol. The highest BCUT2D eigenvalue weighted by Gasteiger charge is 2.21. The number of hydrogen-bond donors (Lipinski definition) is 0. The Morgan fingerprint density at radius 3 is 0.769 bits per heavy atom. The summed E-state index contributed by atoms with van der Waals surface area (Å²) in [6.07, 6.45) is 56.7.